The van der Waals surface area contributed by atoms with E-state index in [0.717, 1.165) is 36.6 Å². The summed E-state index contributed by atoms with van der Waals surface area (Å²) in [6.07, 6.45) is 2.45. The van der Waals surface area contributed by atoms with E-state index in [1.165, 1.54) is 0 Å². The van der Waals surface area contributed by atoms with Crippen molar-refractivity contribution in [2.45, 2.75) is 32.2 Å². The molecule has 5 heteroatoms. The minimum Gasteiger partial charge on any atom is -0.353 e. The molecule has 0 bridgehead atoms. The lowest BCUT2D eigenvalue weighted by Crippen LogP contribution is -2.32. The zero-order chi connectivity index (χ0) is 12.5. The fraction of sp³-hybridized carbons (Fsp3) is 0.692. The Hall–Kier alpha value is -0.940. The normalized spacial score (nSPS) is 29.1. The topological polar surface area (TPSA) is 54.0 Å². The molecule has 2 N–H and O–H groups in total. The first-order valence-corrected chi connectivity index (χ1v) is 7.53. The molecule has 0 radical (unpaired) electrons. The first kappa shape index (κ1) is 12.1. The Morgan fingerprint density at radius 1 is 1.56 bits per heavy atom. The van der Waals surface area contributed by atoms with Gasteiger partial charge < -0.3 is 10.6 Å². The lowest BCUT2D eigenvalue weighted by molar-refractivity contribution is -0.121. The molecule has 3 rings (SSSR count). The van der Waals surface area contributed by atoms with Gasteiger partial charge in [0.05, 0.1) is 5.01 Å². The van der Waals surface area contributed by atoms with Crippen molar-refractivity contribution in [1.82, 2.24) is 15.6 Å². The van der Waals surface area contributed by atoms with E-state index in [-0.39, 0.29) is 5.91 Å². The lowest BCUT2D eigenvalue weighted by atomic mass is 10.2. The first-order chi connectivity index (χ1) is 8.74. The summed E-state index contributed by atoms with van der Waals surface area (Å²) in [5, 5.41) is 9.69. The molecule has 1 unspecified atom stereocenters. The lowest BCUT2D eigenvalue weighted by Gasteiger charge is -2.07. The molecule has 1 aliphatic heterocycles. The standard InChI is InChI=1S/C13H19N3OS/c1-8-7-18-12(15-8)4-2-3-11(17)16-13-9-5-14-6-10(9)13/h7,9-10,13-14H,2-6H2,1H3,(H,16,17)/t9-,10+,13?. The van der Waals surface area contributed by atoms with Gasteiger partial charge in [0.2, 0.25) is 5.91 Å². The van der Waals surface area contributed by atoms with Crippen LogP contribution in [0.25, 0.3) is 0 Å². The Balaban J connectivity index is 1.35. The minimum absolute atomic E-state index is 0.211. The molecule has 1 amide bonds. The van der Waals surface area contributed by atoms with Crippen LogP contribution in [0.3, 0.4) is 0 Å². The number of nitrogens with one attached hydrogen (secondary N) is 2. The number of hydrogen-bond acceptors (Lipinski definition) is 4. The fourth-order valence-electron chi connectivity index (χ4n) is 2.81. The van der Waals surface area contributed by atoms with Gasteiger partial charge in [0.15, 0.2) is 0 Å². The van der Waals surface area contributed by atoms with Crippen molar-refractivity contribution in [3.8, 4) is 0 Å². The van der Waals surface area contributed by atoms with E-state index in [9.17, 15) is 4.79 Å². The Kier molecular flexibility index (Phi) is 3.35. The van der Waals surface area contributed by atoms with Crippen LogP contribution in [-0.4, -0.2) is 30.0 Å². The average Bonchev–Trinajstić information content (AvgIpc) is 2.75. The summed E-state index contributed by atoms with van der Waals surface area (Å²) in [5.74, 6) is 1.62. The van der Waals surface area contributed by atoms with Crippen molar-refractivity contribution in [2.24, 2.45) is 11.8 Å². The van der Waals surface area contributed by atoms with Gasteiger partial charge in [-0.1, -0.05) is 0 Å². The molecule has 2 aliphatic rings. The number of aryl methyl sites for hydroxylation is 2. The quantitative estimate of drug-likeness (QED) is 0.838. The number of aromatic nitrogens is 1. The maximum Gasteiger partial charge on any atom is 0.220 e. The van der Waals surface area contributed by atoms with Gasteiger partial charge in [-0.2, -0.15) is 0 Å². The molecule has 1 aromatic rings. The van der Waals surface area contributed by atoms with E-state index in [0.29, 0.717) is 24.3 Å². The highest BCUT2D eigenvalue weighted by molar-refractivity contribution is 7.09. The highest BCUT2D eigenvalue weighted by Crippen LogP contribution is 2.41. The van der Waals surface area contributed by atoms with E-state index in [1.807, 2.05) is 6.92 Å². The van der Waals surface area contributed by atoms with Crippen LogP contribution in [-0.2, 0) is 11.2 Å². The van der Waals surface area contributed by atoms with Crippen LogP contribution in [0.5, 0.6) is 0 Å². The van der Waals surface area contributed by atoms with Crippen molar-refractivity contribution < 1.29 is 4.79 Å². The number of fused-ring (bicyclic) bond motifs is 1. The maximum atomic E-state index is 11.8. The summed E-state index contributed by atoms with van der Waals surface area (Å²) in [5.41, 5.74) is 1.08. The summed E-state index contributed by atoms with van der Waals surface area (Å²) in [6, 6.07) is 0.459. The summed E-state index contributed by atoms with van der Waals surface area (Å²) in [6.45, 7) is 4.16. The van der Waals surface area contributed by atoms with Crippen LogP contribution in [0.1, 0.15) is 23.5 Å². The van der Waals surface area contributed by atoms with E-state index in [1.54, 1.807) is 11.3 Å². The number of amides is 1. The van der Waals surface area contributed by atoms with Gasteiger partial charge in [0, 0.05) is 36.6 Å². The van der Waals surface area contributed by atoms with E-state index in [4.69, 9.17) is 0 Å². The number of rotatable bonds is 5. The van der Waals surface area contributed by atoms with Crippen LogP contribution in [0.15, 0.2) is 5.38 Å². The molecule has 0 spiro atoms. The van der Waals surface area contributed by atoms with E-state index in [2.05, 4.69) is 21.0 Å². The third kappa shape index (κ3) is 2.57. The second kappa shape index (κ2) is 4.97. The van der Waals surface area contributed by atoms with Gasteiger partial charge in [-0.3, -0.25) is 4.79 Å². The Morgan fingerprint density at radius 3 is 3.00 bits per heavy atom. The average molecular weight is 265 g/mol. The number of piperidine rings is 1. The molecule has 1 saturated carbocycles. The largest absolute Gasteiger partial charge is 0.353 e. The van der Waals surface area contributed by atoms with Crippen LogP contribution < -0.4 is 10.6 Å². The molecule has 1 aliphatic carbocycles. The van der Waals surface area contributed by atoms with Crippen LogP contribution in [0.4, 0.5) is 0 Å². The SMILES string of the molecule is Cc1csc(CCCC(=O)NC2[C@H]3CNC[C@@H]23)n1. The Bertz CT molecular complexity index is 435. The molecule has 98 valence electrons. The monoisotopic (exact) mass is 265 g/mol. The first-order valence-electron chi connectivity index (χ1n) is 6.65. The summed E-state index contributed by atoms with van der Waals surface area (Å²) >= 11 is 1.69. The second-order valence-electron chi connectivity index (χ2n) is 5.32. The van der Waals surface area contributed by atoms with E-state index < -0.39 is 0 Å². The summed E-state index contributed by atoms with van der Waals surface area (Å²) in [4.78, 5) is 16.2. The molecule has 1 saturated heterocycles. The smallest absolute Gasteiger partial charge is 0.220 e. The molecule has 0 aromatic carbocycles. The van der Waals surface area contributed by atoms with Gasteiger partial charge in [0.25, 0.3) is 0 Å². The predicted molar refractivity (Wildman–Crippen MR) is 71.6 cm³/mol. The predicted octanol–water partition coefficient (Wildman–Crippen LogP) is 1.11. The zero-order valence-electron chi connectivity index (χ0n) is 10.6. The van der Waals surface area contributed by atoms with Gasteiger partial charge in [-0.25, -0.2) is 4.98 Å². The molecular weight excluding hydrogens is 246 g/mol. The summed E-state index contributed by atoms with van der Waals surface area (Å²) in [7, 11) is 0. The molecule has 3 atom stereocenters. The number of thiazole rings is 1. The summed E-state index contributed by atoms with van der Waals surface area (Å²) < 4.78 is 0. The van der Waals surface area contributed by atoms with Crippen molar-refractivity contribution in [2.75, 3.05) is 13.1 Å². The number of hydrogen-bond donors (Lipinski definition) is 2. The molecule has 1 aromatic heterocycles. The van der Waals surface area contributed by atoms with Gasteiger partial charge >= 0.3 is 0 Å². The molecule has 2 heterocycles. The molecule has 18 heavy (non-hydrogen) atoms. The van der Waals surface area contributed by atoms with Gasteiger partial charge in [-0.15, -0.1) is 11.3 Å². The number of carbonyl (C=O) groups excluding carboxylic acids is 1. The molecular formula is C13H19N3OS. The van der Waals surface area contributed by atoms with Crippen molar-refractivity contribution in [3.63, 3.8) is 0 Å². The Morgan fingerprint density at radius 2 is 2.33 bits per heavy atom. The van der Waals surface area contributed by atoms with Crippen LogP contribution >= 0.6 is 11.3 Å². The van der Waals surface area contributed by atoms with Crippen molar-refractivity contribution in [1.29, 1.82) is 0 Å². The number of carbonyl (C=O) groups is 1. The highest BCUT2D eigenvalue weighted by atomic mass is 32.1. The third-order valence-electron chi connectivity index (χ3n) is 3.88. The second-order valence-corrected chi connectivity index (χ2v) is 6.26. The Labute approximate surface area is 111 Å². The highest BCUT2D eigenvalue weighted by Gasteiger charge is 2.53. The van der Waals surface area contributed by atoms with Gasteiger partial charge in [-0.05, 0) is 31.6 Å². The fourth-order valence-corrected chi connectivity index (χ4v) is 3.63. The maximum absolute atomic E-state index is 11.8. The van der Waals surface area contributed by atoms with E-state index >= 15 is 0 Å². The molecule has 2 fully saturated rings. The van der Waals surface area contributed by atoms with Crippen molar-refractivity contribution >= 4 is 17.2 Å². The zero-order valence-corrected chi connectivity index (χ0v) is 11.4. The van der Waals surface area contributed by atoms with Crippen LogP contribution in [0, 0.1) is 18.8 Å². The van der Waals surface area contributed by atoms with Crippen LogP contribution in [0.2, 0.25) is 0 Å². The van der Waals surface area contributed by atoms with Gasteiger partial charge in [0.1, 0.15) is 0 Å². The van der Waals surface area contributed by atoms with Crippen molar-refractivity contribution in [3.05, 3.63) is 16.1 Å². The minimum atomic E-state index is 0.211. The third-order valence-corrected chi connectivity index (χ3v) is 4.91. The number of nitrogens with zero attached hydrogens (tertiary/aromatic N) is 1. The molecule has 4 nitrogen and oxygen atoms in total.